The van der Waals surface area contributed by atoms with Crippen molar-refractivity contribution in [3.63, 3.8) is 0 Å². The number of carbonyl (C=O) groups is 1. The van der Waals surface area contributed by atoms with Crippen LogP contribution >= 0.6 is 0 Å². The van der Waals surface area contributed by atoms with Crippen LogP contribution in [0.2, 0.25) is 0 Å². The molecule has 0 unspecified atom stereocenters. The SMILES string of the molecule is Cc1cc(C)n(C2CN(C(=O)NCc3ccc4c(c3)CC(C)(C)O4)C2)n1. The van der Waals surface area contributed by atoms with E-state index in [1.165, 1.54) is 5.56 Å². The van der Waals surface area contributed by atoms with Crippen LogP contribution in [0.3, 0.4) is 0 Å². The molecule has 26 heavy (non-hydrogen) atoms. The number of carbonyl (C=O) groups excluding carboxylic acids is 1. The quantitative estimate of drug-likeness (QED) is 0.922. The summed E-state index contributed by atoms with van der Waals surface area (Å²) < 4.78 is 7.93. The predicted molar refractivity (Wildman–Crippen MR) is 99.4 cm³/mol. The lowest BCUT2D eigenvalue weighted by atomic mass is 10.0. The fraction of sp³-hybridized carbons (Fsp3) is 0.500. The van der Waals surface area contributed by atoms with Crippen LogP contribution in [0.25, 0.3) is 0 Å². The van der Waals surface area contributed by atoms with E-state index in [4.69, 9.17) is 4.74 Å². The molecule has 0 bridgehead atoms. The molecular weight excluding hydrogens is 328 g/mol. The van der Waals surface area contributed by atoms with E-state index in [-0.39, 0.29) is 17.7 Å². The van der Waals surface area contributed by atoms with Gasteiger partial charge in [0, 0.05) is 31.7 Å². The molecule has 0 aliphatic carbocycles. The minimum Gasteiger partial charge on any atom is -0.487 e. The number of aryl methyl sites for hydroxylation is 2. The first-order valence-electron chi connectivity index (χ1n) is 9.17. The van der Waals surface area contributed by atoms with Crippen LogP contribution in [0.1, 0.15) is 42.4 Å². The zero-order chi connectivity index (χ0) is 18.5. The van der Waals surface area contributed by atoms with Crippen LogP contribution in [-0.2, 0) is 13.0 Å². The minimum atomic E-state index is -0.139. The maximum atomic E-state index is 12.4. The molecule has 0 spiro atoms. The third-order valence-corrected chi connectivity index (χ3v) is 5.11. The number of fused-ring (bicyclic) bond motifs is 1. The Morgan fingerprint density at radius 1 is 1.31 bits per heavy atom. The van der Waals surface area contributed by atoms with Gasteiger partial charge in [-0.3, -0.25) is 4.68 Å². The molecule has 2 aliphatic heterocycles. The van der Waals surface area contributed by atoms with Crippen molar-refractivity contribution in [3.8, 4) is 5.75 Å². The Balaban J connectivity index is 1.30. The zero-order valence-electron chi connectivity index (χ0n) is 15.9. The lowest BCUT2D eigenvalue weighted by Crippen LogP contribution is -2.54. The predicted octanol–water partition coefficient (Wildman–Crippen LogP) is 2.98. The van der Waals surface area contributed by atoms with Gasteiger partial charge in [-0.25, -0.2) is 4.79 Å². The smallest absolute Gasteiger partial charge is 0.317 e. The number of hydrogen-bond donors (Lipinski definition) is 1. The number of benzene rings is 1. The van der Waals surface area contributed by atoms with E-state index in [1.54, 1.807) is 0 Å². The van der Waals surface area contributed by atoms with Gasteiger partial charge in [-0.2, -0.15) is 5.10 Å². The van der Waals surface area contributed by atoms with Gasteiger partial charge < -0.3 is 15.0 Å². The molecule has 2 amide bonds. The Bertz CT molecular complexity index is 849. The summed E-state index contributed by atoms with van der Waals surface area (Å²) in [6, 6.07) is 8.51. The standard InChI is InChI=1S/C20H26N4O2/c1-13-7-14(2)24(22-13)17-11-23(12-17)19(25)21-10-15-5-6-18-16(8-15)9-20(3,4)26-18/h5-8,17H,9-12H2,1-4H3,(H,21,25). The molecular formula is C20H26N4O2. The molecule has 2 aromatic rings. The summed E-state index contributed by atoms with van der Waals surface area (Å²) in [5, 5.41) is 7.53. The van der Waals surface area contributed by atoms with E-state index in [9.17, 15) is 4.79 Å². The van der Waals surface area contributed by atoms with E-state index in [2.05, 4.69) is 43.3 Å². The second kappa shape index (κ2) is 6.04. The highest BCUT2D eigenvalue weighted by Crippen LogP contribution is 2.35. The molecule has 138 valence electrons. The van der Waals surface area contributed by atoms with Crippen molar-refractivity contribution in [2.75, 3.05) is 13.1 Å². The first kappa shape index (κ1) is 16.9. The average molecular weight is 354 g/mol. The van der Waals surface area contributed by atoms with Gasteiger partial charge in [0.2, 0.25) is 0 Å². The Hall–Kier alpha value is -2.50. The molecule has 0 saturated carbocycles. The zero-order valence-corrected chi connectivity index (χ0v) is 15.9. The second-order valence-electron chi connectivity index (χ2n) is 8.07. The van der Waals surface area contributed by atoms with Crippen molar-refractivity contribution >= 4 is 6.03 Å². The normalized spacial score (nSPS) is 18.2. The Morgan fingerprint density at radius 2 is 2.08 bits per heavy atom. The lowest BCUT2D eigenvalue weighted by molar-refractivity contribution is 0.117. The summed E-state index contributed by atoms with van der Waals surface area (Å²) in [5.74, 6) is 0.959. The van der Waals surface area contributed by atoms with Crippen LogP contribution in [0.15, 0.2) is 24.3 Å². The minimum absolute atomic E-state index is 0.0140. The van der Waals surface area contributed by atoms with Crippen LogP contribution < -0.4 is 10.1 Å². The van der Waals surface area contributed by atoms with Crippen LogP contribution in [-0.4, -0.2) is 39.4 Å². The lowest BCUT2D eigenvalue weighted by Gasteiger charge is -2.39. The number of urea groups is 1. The Kier molecular flexibility index (Phi) is 3.93. The monoisotopic (exact) mass is 354 g/mol. The highest BCUT2D eigenvalue weighted by molar-refractivity contribution is 5.75. The topological polar surface area (TPSA) is 59.4 Å². The molecule has 1 N–H and O–H groups in total. The first-order valence-corrected chi connectivity index (χ1v) is 9.17. The Labute approximate surface area is 154 Å². The highest BCUT2D eigenvalue weighted by Gasteiger charge is 2.33. The van der Waals surface area contributed by atoms with Crippen LogP contribution in [0.5, 0.6) is 5.75 Å². The van der Waals surface area contributed by atoms with Crippen molar-refractivity contribution in [2.45, 2.75) is 52.3 Å². The third kappa shape index (κ3) is 3.16. The van der Waals surface area contributed by atoms with Gasteiger partial charge in [0.15, 0.2) is 0 Å². The molecule has 1 aromatic heterocycles. The molecule has 2 aliphatic rings. The van der Waals surface area contributed by atoms with Gasteiger partial charge >= 0.3 is 6.03 Å². The van der Waals surface area contributed by atoms with Crippen molar-refractivity contribution in [2.24, 2.45) is 0 Å². The summed E-state index contributed by atoms with van der Waals surface area (Å²) in [7, 11) is 0. The second-order valence-corrected chi connectivity index (χ2v) is 8.07. The summed E-state index contributed by atoms with van der Waals surface area (Å²) in [6.07, 6.45) is 0.903. The van der Waals surface area contributed by atoms with E-state index >= 15 is 0 Å². The fourth-order valence-electron chi connectivity index (χ4n) is 3.85. The number of nitrogens with one attached hydrogen (secondary N) is 1. The van der Waals surface area contributed by atoms with Gasteiger partial charge in [-0.1, -0.05) is 12.1 Å². The number of likely N-dealkylation sites (tertiary alicyclic amines) is 1. The number of amides is 2. The summed E-state index contributed by atoms with van der Waals surface area (Å²) in [5.41, 5.74) is 4.36. The highest BCUT2D eigenvalue weighted by atomic mass is 16.5. The molecule has 4 rings (SSSR count). The summed E-state index contributed by atoms with van der Waals surface area (Å²) in [4.78, 5) is 14.2. The Morgan fingerprint density at radius 3 is 2.77 bits per heavy atom. The third-order valence-electron chi connectivity index (χ3n) is 5.11. The number of nitrogens with zero attached hydrogens (tertiary/aromatic N) is 3. The maximum Gasteiger partial charge on any atom is 0.317 e. The van der Waals surface area contributed by atoms with Crippen molar-refractivity contribution in [1.82, 2.24) is 20.0 Å². The molecule has 1 fully saturated rings. The number of aromatic nitrogens is 2. The number of hydrogen-bond acceptors (Lipinski definition) is 3. The van der Waals surface area contributed by atoms with Crippen molar-refractivity contribution in [1.29, 1.82) is 0 Å². The molecule has 3 heterocycles. The summed E-state index contributed by atoms with van der Waals surface area (Å²) >= 11 is 0. The molecule has 1 saturated heterocycles. The average Bonchev–Trinajstić information content (AvgIpc) is 3.00. The molecule has 0 atom stereocenters. The molecule has 6 heteroatoms. The first-order chi connectivity index (χ1) is 12.3. The summed E-state index contributed by atoms with van der Waals surface area (Å²) in [6.45, 7) is 10.2. The van der Waals surface area contributed by atoms with Gasteiger partial charge in [0.25, 0.3) is 0 Å². The molecule has 0 radical (unpaired) electrons. The van der Waals surface area contributed by atoms with Crippen molar-refractivity contribution in [3.05, 3.63) is 46.8 Å². The van der Waals surface area contributed by atoms with Gasteiger partial charge in [-0.05, 0) is 51.0 Å². The fourth-order valence-corrected chi connectivity index (χ4v) is 3.85. The van der Waals surface area contributed by atoms with E-state index < -0.39 is 0 Å². The van der Waals surface area contributed by atoms with Gasteiger partial charge in [-0.15, -0.1) is 0 Å². The van der Waals surface area contributed by atoms with E-state index in [1.807, 2.05) is 28.6 Å². The largest absolute Gasteiger partial charge is 0.487 e. The molecule has 1 aromatic carbocycles. The van der Waals surface area contributed by atoms with E-state index in [0.29, 0.717) is 19.6 Å². The number of rotatable bonds is 3. The molecule has 6 nitrogen and oxygen atoms in total. The van der Waals surface area contributed by atoms with Crippen LogP contribution in [0, 0.1) is 13.8 Å². The van der Waals surface area contributed by atoms with Crippen LogP contribution in [0.4, 0.5) is 4.79 Å². The van der Waals surface area contributed by atoms with Gasteiger partial charge in [0.1, 0.15) is 11.4 Å². The van der Waals surface area contributed by atoms with Crippen molar-refractivity contribution < 1.29 is 9.53 Å². The van der Waals surface area contributed by atoms with E-state index in [0.717, 1.165) is 29.1 Å². The maximum absolute atomic E-state index is 12.4. The van der Waals surface area contributed by atoms with Gasteiger partial charge in [0.05, 0.1) is 11.7 Å². The number of ether oxygens (including phenoxy) is 1.